The van der Waals surface area contributed by atoms with Crippen molar-refractivity contribution in [2.75, 3.05) is 0 Å². The Morgan fingerprint density at radius 2 is 1.53 bits per heavy atom. The Balaban J connectivity index is 1.50. The van der Waals surface area contributed by atoms with E-state index < -0.39 is 5.97 Å². The number of fused-ring (bicyclic) bond motifs is 1. The van der Waals surface area contributed by atoms with Gasteiger partial charge >= 0.3 is 5.97 Å². The van der Waals surface area contributed by atoms with Crippen LogP contribution in [0.15, 0.2) is 106 Å². The first-order chi connectivity index (χ1) is 17.6. The lowest BCUT2D eigenvalue weighted by Crippen LogP contribution is -2.23. The van der Waals surface area contributed by atoms with Crippen LogP contribution in [0.5, 0.6) is 0 Å². The summed E-state index contributed by atoms with van der Waals surface area (Å²) in [6, 6.07) is 29.6. The second-order valence-corrected chi connectivity index (χ2v) is 9.14. The zero-order chi connectivity index (χ0) is 24.6. The van der Waals surface area contributed by atoms with Crippen molar-refractivity contribution < 1.29 is 14.3 Å². The van der Waals surface area contributed by atoms with E-state index in [9.17, 15) is 14.7 Å². The van der Waals surface area contributed by atoms with Crippen LogP contribution in [0.3, 0.4) is 0 Å². The van der Waals surface area contributed by atoms with Gasteiger partial charge in [0.15, 0.2) is 4.96 Å². The molecule has 3 aromatic carbocycles. The summed E-state index contributed by atoms with van der Waals surface area (Å²) in [7, 11) is 0. The molecule has 6 rings (SSSR count). The van der Waals surface area contributed by atoms with Crippen LogP contribution in [-0.4, -0.2) is 20.5 Å². The Morgan fingerprint density at radius 3 is 2.25 bits per heavy atom. The van der Waals surface area contributed by atoms with Crippen molar-refractivity contribution in [1.29, 1.82) is 0 Å². The van der Waals surface area contributed by atoms with Gasteiger partial charge < -0.3 is 9.52 Å². The van der Waals surface area contributed by atoms with Gasteiger partial charge in [0.05, 0.1) is 17.0 Å². The highest BCUT2D eigenvalue weighted by Gasteiger charge is 2.20. The van der Waals surface area contributed by atoms with Crippen molar-refractivity contribution >= 4 is 28.3 Å². The van der Waals surface area contributed by atoms with Crippen molar-refractivity contribution in [2.45, 2.75) is 0 Å². The maximum atomic E-state index is 13.6. The molecule has 0 atom stereocenters. The number of carbonyl (C=O) groups is 1. The fourth-order valence-electron chi connectivity index (χ4n) is 4.25. The summed E-state index contributed by atoms with van der Waals surface area (Å²) in [5.41, 5.74) is 3.77. The molecule has 1 N–H and O–H groups in total. The van der Waals surface area contributed by atoms with Gasteiger partial charge in [-0.15, -0.1) is 0 Å². The van der Waals surface area contributed by atoms with E-state index in [2.05, 4.69) is 0 Å². The van der Waals surface area contributed by atoms with Gasteiger partial charge in [-0.1, -0.05) is 90.2 Å². The zero-order valence-corrected chi connectivity index (χ0v) is 19.6. The number of hydrogen-bond acceptors (Lipinski definition) is 5. The van der Waals surface area contributed by atoms with E-state index in [-0.39, 0.29) is 11.1 Å². The molecule has 3 aromatic heterocycles. The molecule has 0 spiro atoms. The molecule has 6 nitrogen and oxygen atoms in total. The molecule has 3 heterocycles. The SMILES string of the molecule is O=C(O)c1ccccc1-c1ccc(/C=c2/sc3nc(-c4ccccc4)c(-c4ccccc4)n3c2=O)o1. The first-order valence-corrected chi connectivity index (χ1v) is 12.0. The molecule has 0 fully saturated rings. The predicted molar refractivity (Wildman–Crippen MR) is 140 cm³/mol. The van der Waals surface area contributed by atoms with Crippen LogP contribution >= 0.6 is 11.3 Å². The largest absolute Gasteiger partial charge is 0.478 e. The Labute approximate surface area is 209 Å². The molecule has 0 aliphatic carbocycles. The third-order valence-electron chi connectivity index (χ3n) is 5.88. The van der Waals surface area contributed by atoms with E-state index in [0.29, 0.717) is 26.6 Å². The number of thiazole rings is 1. The second-order valence-electron chi connectivity index (χ2n) is 8.13. The minimum atomic E-state index is -1.03. The number of carboxylic acid groups (broad SMARTS) is 1. The Kier molecular flexibility index (Phi) is 5.32. The van der Waals surface area contributed by atoms with Crippen LogP contribution in [0, 0.1) is 0 Å². The number of aromatic carboxylic acids is 1. The maximum Gasteiger partial charge on any atom is 0.336 e. The van der Waals surface area contributed by atoms with Gasteiger partial charge in [-0.3, -0.25) is 4.79 Å². The lowest BCUT2D eigenvalue weighted by atomic mass is 10.1. The molecule has 174 valence electrons. The maximum absolute atomic E-state index is 13.6. The average molecular weight is 491 g/mol. The van der Waals surface area contributed by atoms with Crippen molar-refractivity contribution in [3.63, 3.8) is 0 Å². The Morgan fingerprint density at radius 1 is 0.861 bits per heavy atom. The first-order valence-electron chi connectivity index (χ1n) is 11.2. The molecule has 0 amide bonds. The smallest absolute Gasteiger partial charge is 0.336 e. The fraction of sp³-hybridized carbons (Fsp3) is 0. The highest BCUT2D eigenvalue weighted by atomic mass is 32.1. The van der Waals surface area contributed by atoms with Gasteiger partial charge in [-0.25, -0.2) is 14.2 Å². The van der Waals surface area contributed by atoms with Gasteiger partial charge in [0, 0.05) is 22.8 Å². The Bertz CT molecular complexity index is 1830. The van der Waals surface area contributed by atoms with Crippen LogP contribution in [0.1, 0.15) is 16.1 Å². The summed E-state index contributed by atoms with van der Waals surface area (Å²) in [6.07, 6.45) is 1.67. The summed E-state index contributed by atoms with van der Waals surface area (Å²) in [6.45, 7) is 0. The molecule has 0 unspecified atom stereocenters. The third-order valence-corrected chi connectivity index (χ3v) is 6.85. The second kappa shape index (κ2) is 8.79. The van der Waals surface area contributed by atoms with Gasteiger partial charge in [-0.05, 0) is 18.2 Å². The van der Waals surface area contributed by atoms with Crippen molar-refractivity contribution in [2.24, 2.45) is 0 Å². The molecular formula is C29H18N2O4S. The number of nitrogens with zero attached hydrogens (tertiary/aromatic N) is 2. The molecule has 6 aromatic rings. The van der Waals surface area contributed by atoms with E-state index in [1.54, 1.807) is 40.8 Å². The number of carboxylic acids is 1. The highest BCUT2D eigenvalue weighted by molar-refractivity contribution is 7.15. The average Bonchev–Trinajstić information content (AvgIpc) is 3.61. The highest BCUT2D eigenvalue weighted by Crippen LogP contribution is 2.32. The number of benzene rings is 3. The quantitative estimate of drug-likeness (QED) is 0.340. The number of aromatic nitrogens is 2. The van der Waals surface area contributed by atoms with Crippen LogP contribution < -0.4 is 10.1 Å². The van der Waals surface area contributed by atoms with E-state index in [0.717, 1.165) is 22.5 Å². The van der Waals surface area contributed by atoms with E-state index in [4.69, 9.17) is 9.40 Å². The van der Waals surface area contributed by atoms with Crippen LogP contribution in [0.2, 0.25) is 0 Å². The molecule has 0 aliphatic heterocycles. The normalized spacial score (nSPS) is 11.8. The minimum absolute atomic E-state index is 0.151. The molecule has 0 bridgehead atoms. The van der Waals surface area contributed by atoms with Gasteiger partial charge in [-0.2, -0.15) is 0 Å². The Hall–Kier alpha value is -4.75. The van der Waals surface area contributed by atoms with Crippen molar-refractivity contribution in [3.8, 4) is 33.8 Å². The summed E-state index contributed by atoms with van der Waals surface area (Å²) in [5, 5.41) is 9.49. The first kappa shape index (κ1) is 21.8. The lowest BCUT2D eigenvalue weighted by molar-refractivity contribution is 0.0697. The molecule has 0 saturated heterocycles. The molecule has 0 radical (unpaired) electrons. The number of hydrogen-bond donors (Lipinski definition) is 1. The van der Waals surface area contributed by atoms with Crippen LogP contribution in [-0.2, 0) is 0 Å². The molecule has 0 aliphatic rings. The third kappa shape index (κ3) is 3.72. The van der Waals surface area contributed by atoms with Crippen LogP contribution in [0.25, 0.3) is 44.9 Å². The van der Waals surface area contributed by atoms with E-state index in [1.807, 2.05) is 60.7 Å². The minimum Gasteiger partial charge on any atom is -0.478 e. The molecule has 36 heavy (non-hydrogen) atoms. The topological polar surface area (TPSA) is 84.8 Å². The van der Waals surface area contributed by atoms with Gasteiger partial charge in [0.2, 0.25) is 0 Å². The summed E-state index contributed by atoms with van der Waals surface area (Å²) in [5.74, 6) is -0.155. The van der Waals surface area contributed by atoms with Crippen molar-refractivity contribution in [1.82, 2.24) is 9.38 Å². The fourth-order valence-corrected chi connectivity index (χ4v) is 5.20. The monoisotopic (exact) mass is 490 g/mol. The summed E-state index contributed by atoms with van der Waals surface area (Å²) in [4.78, 5) is 30.6. The predicted octanol–water partition coefficient (Wildman–Crippen LogP) is 5.60. The summed E-state index contributed by atoms with van der Waals surface area (Å²) < 4.78 is 8.04. The van der Waals surface area contributed by atoms with Gasteiger partial charge in [0.1, 0.15) is 16.1 Å². The van der Waals surface area contributed by atoms with E-state index >= 15 is 0 Å². The van der Waals surface area contributed by atoms with Crippen molar-refractivity contribution in [3.05, 3.63) is 123 Å². The molecule has 0 saturated carbocycles. The molecule has 7 heteroatoms. The van der Waals surface area contributed by atoms with E-state index in [1.165, 1.54) is 17.4 Å². The number of rotatable bonds is 5. The number of imidazole rings is 1. The van der Waals surface area contributed by atoms with Crippen LogP contribution in [0.4, 0.5) is 0 Å². The summed E-state index contributed by atoms with van der Waals surface area (Å²) >= 11 is 1.29. The lowest BCUT2D eigenvalue weighted by Gasteiger charge is -2.04. The van der Waals surface area contributed by atoms with Gasteiger partial charge in [0.25, 0.3) is 5.56 Å². The number of furan rings is 1. The standard InChI is InChI=1S/C29H18N2O4S/c32-27-24(17-20-15-16-23(35-20)21-13-7-8-14-22(21)28(33)34)36-29-30-25(18-9-3-1-4-10-18)26(31(27)29)19-11-5-2-6-12-19/h1-17H,(H,33,34)/b24-17+. The molecular weight excluding hydrogens is 472 g/mol. The zero-order valence-electron chi connectivity index (χ0n) is 18.8.